The molecule has 163 valence electrons. The van der Waals surface area contributed by atoms with E-state index in [4.69, 9.17) is 28.9 Å². The molecule has 5 heteroatoms. The molecule has 3 nitrogen and oxygen atoms in total. The Labute approximate surface area is 202 Å². The zero-order valence-corrected chi connectivity index (χ0v) is 19.5. The molecule has 1 heterocycles. The summed E-state index contributed by atoms with van der Waals surface area (Å²) in [7, 11) is 0. The molecule has 0 spiro atoms. The van der Waals surface area contributed by atoms with E-state index in [-0.39, 0.29) is 0 Å². The van der Waals surface area contributed by atoms with Crippen molar-refractivity contribution in [1.29, 1.82) is 0 Å². The van der Waals surface area contributed by atoms with Crippen molar-refractivity contribution in [2.75, 3.05) is 0 Å². The van der Waals surface area contributed by atoms with Crippen LogP contribution in [0.1, 0.15) is 28.4 Å². The summed E-state index contributed by atoms with van der Waals surface area (Å²) in [5.41, 5.74) is 12.2. The highest BCUT2D eigenvalue weighted by Crippen LogP contribution is 2.39. The van der Waals surface area contributed by atoms with Crippen LogP contribution in [0.2, 0.25) is 10.0 Å². The minimum Gasteiger partial charge on any atom is -0.366 e. The van der Waals surface area contributed by atoms with E-state index in [1.165, 1.54) is 11.1 Å². The second-order valence-corrected chi connectivity index (χ2v) is 8.83. The minimum absolute atomic E-state index is 0.458. The number of aromatic nitrogens is 1. The smallest absolute Gasteiger partial charge is 0.249 e. The van der Waals surface area contributed by atoms with Gasteiger partial charge in [-0.2, -0.15) is 0 Å². The Morgan fingerprint density at radius 3 is 2.33 bits per heavy atom. The van der Waals surface area contributed by atoms with E-state index in [0.29, 0.717) is 22.2 Å². The van der Waals surface area contributed by atoms with Crippen LogP contribution in [0.25, 0.3) is 32.9 Å². The van der Waals surface area contributed by atoms with Gasteiger partial charge >= 0.3 is 0 Å². The summed E-state index contributed by atoms with van der Waals surface area (Å²) in [5, 5.41) is 2.81. The SMILES string of the molecule is CCc1ccccc1Cn1c2cc(-c3c(Cl)cccc3Cl)c[c]c2c2c(C(N)=O)cccc21. The number of halogens is 2. The Morgan fingerprint density at radius 1 is 0.939 bits per heavy atom. The Bertz CT molecular complexity index is 1510. The molecule has 0 fully saturated rings. The van der Waals surface area contributed by atoms with Gasteiger partial charge in [0.25, 0.3) is 0 Å². The van der Waals surface area contributed by atoms with Crippen molar-refractivity contribution in [2.24, 2.45) is 5.73 Å². The number of aryl methyl sites for hydroxylation is 1. The number of primary amides is 1. The van der Waals surface area contributed by atoms with Gasteiger partial charge in [-0.15, -0.1) is 0 Å². The Balaban J connectivity index is 1.84. The van der Waals surface area contributed by atoms with Gasteiger partial charge in [0.1, 0.15) is 0 Å². The molecule has 0 bridgehead atoms. The topological polar surface area (TPSA) is 48.0 Å². The highest BCUT2D eigenvalue weighted by molar-refractivity contribution is 6.39. The summed E-state index contributed by atoms with van der Waals surface area (Å²) >= 11 is 13.0. The van der Waals surface area contributed by atoms with Crippen LogP contribution in [0.15, 0.2) is 72.8 Å². The van der Waals surface area contributed by atoms with E-state index in [9.17, 15) is 4.79 Å². The summed E-state index contributed by atoms with van der Waals surface area (Å²) < 4.78 is 2.22. The third-order valence-corrected chi connectivity index (χ3v) is 6.77. The molecule has 0 aliphatic heterocycles. The number of nitrogens with two attached hydrogens (primary N) is 1. The number of hydrogen-bond donors (Lipinski definition) is 1. The third kappa shape index (κ3) is 3.68. The van der Waals surface area contributed by atoms with Crippen molar-refractivity contribution in [1.82, 2.24) is 4.57 Å². The first kappa shape index (κ1) is 21.6. The maximum absolute atomic E-state index is 12.3. The molecular formula is C28H21Cl2N2O. The van der Waals surface area contributed by atoms with Crippen molar-refractivity contribution in [2.45, 2.75) is 19.9 Å². The van der Waals surface area contributed by atoms with E-state index in [0.717, 1.165) is 39.4 Å². The Hall–Kier alpha value is -3.27. The van der Waals surface area contributed by atoms with Crippen LogP contribution < -0.4 is 5.73 Å². The number of fused-ring (bicyclic) bond motifs is 3. The van der Waals surface area contributed by atoms with Gasteiger partial charge in [0.05, 0.1) is 11.0 Å². The first-order chi connectivity index (χ1) is 16.0. The van der Waals surface area contributed by atoms with Crippen LogP contribution >= 0.6 is 23.2 Å². The van der Waals surface area contributed by atoms with Crippen LogP contribution in [0.3, 0.4) is 0 Å². The molecule has 0 unspecified atom stereocenters. The number of rotatable bonds is 5. The highest BCUT2D eigenvalue weighted by Gasteiger charge is 2.19. The van der Waals surface area contributed by atoms with Gasteiger partial charge in [0.2, 0.25) is 5.91 Å². The molecule has 0 atom stereocenters. The molecule has 5 rings (SSSR count). The van der Waals surface area contributed by atoms with E-state index in [1.54, 1.807) is 6.07 Å². The quantitative estimate of drug-likeness (QED) is 0.287. The lowest BCUT2D eigenvalue weighted by Crippen LogP contribution is -2.11. The third-order valence-electron chi connectivity index (χ3n) is 6.14. The lowest BCUT2D eigenvalue weighted by atomic mass is 10.0. The fraction of sp³-hybridized carbons (Fsp3) is 0.107. The van der Waals surface area contributed by atoms with Gasteiger partial charge < -0.3 is 10.3 Å². The maximum atomic E-state index is 12.3. The number of carbonyl (C=O) groups is 1. The normalized spacial score (nSPS) is 11.4. The van der Waals surface area contributed by atoms with Crippen molar-refractivity contribution >= 4 is 50.9 Å². The van der Waals surface area contributed by atoms with Gasteiger partial charge in [0.15, 0.2) is 0 Å². The summed E-state index contributed by atoms with van der Waals surface area (Å²) in [6.45, 7) is 2.81. The second-order valence-electron chi connectivity index (χ2n) is 8.02. The molecule has 2 N–H and O–H groups in total. The van der Waals surface area contributed by atoms with Gasteiger partial charge in [-0.25, -0.2) is 0 Å². The minimum atomic E-state index is -0.458. The Kier molecular flexibility index (Phi) is 5.61. The molecule has 1 aromatic heterocycles. The van der Waals surface area contributed by atoms with E-state index < -0.39 is 5.91 Å². The fourth-order valence-corrected chi connectivity index (χ4v) is 5.19. The van der Waals surface area contributed by atoms with Crippen LogP contribution in [0, 0.1) is 6.07 Å². The largest absolute Gasteiger partial charge is 0.366 e. The highest BCUT2D eigenvalue weighted by atomic mass is 35.5. The number of carbonyl (C=O) groups excluding carboxylic acids is 1. The number of amides is 1. The molecule has 1 radical (unpaired) electrons. The zero-order chi connectivity index (χ0) is 23.1. The van der Waals surface area contributed by atoms with Crippen LogP contribution in [0.5, 0.6) is 0 Å². The maximum Gasteiger partial charge on any atom is 0.249 e. The molecule has 1 amide bonds. The molecule has 4 aromatic carbocycles. The first-order valence-corrected chi connectivity index (χ1v) is 11.5. The van der Waals surface area contributed by atoms with Gasteiger partial charge in [-0.1, -0.05) is 66.5 Å². The standard InChI is InChI=1S/C28H21Cl2N2O/c1-2-17-7-3-4-8-19(17)16-32-24-12-5-9-21(28(31)33)27(24)20-14-13-18(15-25(20)32)26-22(29)10-6-11-23(26)30/h3-13,15H,2,16H2,1H3,(H2,31,33). The van der Waals surface area contributed by atoms with Crippen molar-refractivity contribution in [3.8, 4) is 11.1 Å². The van der Waals surface area contributed by atoms with Crippen LogP contribution in [0.4, 0.5) is 0 Å². The number of benzene rings is 4. The molecule has 0 aliphatic carbocycles. The van der Waals surface area contributed by atoms with E-state index >= 15 is 0 Å². The molecule has 0 aliphatic rings. The van der Waals surface area contributed by atoms with Crippen LogP contribution in [-0.2, 0) is 13.0 Å². The average Bonchev–Trinajstić information content (AvgIpc) is 3.12. The number of nitrogens with zero attached hydrogens (tertiary/aromatic N) is 1. The van der Waals surface area contributed by atoms with Crippen molar-refractivity contribution in [3.63, 3.8) is 0 Å². The fourth-order valence-electron chi connectivity index (χ4n) is 4.58. The lowest BCUT2D eigenvalue weighted by molar-refractivity contribution is 0.100. The van der Waals surface area contributed by atoms with Gasteiger partial charge in [0, 0.05) is 38.5 Å². The predicted molar refractivity (Wildman–Crippen MR) is 137 cm³/mol. The first-order valence-electron chi connectivity index (χ1n) is 10.8. The summed E-state index contributed by atoms with van der Waals surface area (Å²) in [5.74, 6) is -0.458. The average molecular weight is 472 g/mol. The van der Waals surface area contributed by atoms with Gasteiger partial charge in [-0.3, -0.25) is 4.79 Å². The molecule has 33 heavy (non-hydrogen) atoms. The van der Waals surface area contributed by atoms with E-state index in [1.807, 2.05) is 36.4 Å². The monoisotopic (exact) mass is 471 g/mol. The summed E-state index contributed by atoms with van der Waals surface area (Å²) in [4.78, 5) is 12.3. The Morgan fingerprint density at radius 2 is 1.64 bits per heavy atom. The zero-order valence-electron chi connectivity index (χ0n) is 18.0. The molecule has 5 aromatic rings. The number of hydrogen-bond acceptors (Lipinski definition) is 1. The van der Waals surface area contributed by atoms with E-state index in [2.05, 4.69) is 47.9 Å². The predicted octanol–water partition coefficient (Wildman–Crippen LogP) is 7.28. The summed E-state index contributed by atoms with van der Waals surface area (Å²) in [6.07, 6.45) is 0.937. The lowest BCUT2D eigenvalue weighted by Gasteiger charge is -2.13. The summed E-state index contributed by atoms with van der Waals surface area (Å²) in [6, 6.07) is 26.9. The van der Waals surface area contributed by atoms with Crippen LogP contribution in [-0.4, -0.2) is 10.5 Å². The van der Waals surface area contributed by atoms with Crippen molar-refractivity contribution in [3.05, 3.63) is 106 Å². The second kappa shape index (κ2) is 8.58. The van der Waals surface area contributed by atoms with Crippen molar-refractivity contribution < 1.29 is 4.79 Å². The molecule has 0 saturated heterocycles. The molecule has 0 saturated carbocycles. The van der Waals surface area contributed by atoms with Gasteiger partial charge in [-0.05, 0) is 65.6 Å². The molecular weight excluding hydrogens is 451 g/mol.